The average Bonchev–Trinajstić information content (AvgIpc) is 2.74. The van der Waals surface area contributed by atoms with Gasteiger partial charge >= 0.3 is 11.9 Å². The van der Waals surface area contributed by atoms with E-state index >= 15 is 0 Å². The van der Waals surface area contributed by atoms with Crippen LogP contribution in [0.2, 0.25) is 10.0 Å². The summed E-state index contributed by atoms with van der Waals surface area (Å²) in [4.78, 5) is 23.3. The molecule has 174 valence electrons. The SMILES string of the molecule is CCCCN(CCCC)S(=O)(=O)c1cc(Cl)c(N/C(=C/C(=O)OC)C(=O)OC)cc1Cl. The van der Waals surface area contributed by atoms with E-state index < -0.39 is 22.0 Å². The van der Waals surface area contributed by atoms with E-state index in [0.29, 0.717) is 13.1 Å². The van der Waals surface area contributed by atoms with Gasteiger partial charge in [0, 0.05) is 13.1 Å². The molecule has 0 saturated carbocycles. The van der Waals surface area contributed by atoms with E-state index in [1.54, 1.807) is 0 Å². The number of carbonyl (C=O) groups is 2. The molecule has 0 amide bonds. The Balaban J connectivity index is 3.35. The largest absolute Gasteiger partial charge is 0.466 e. The Morgan fingerprint density at radius 1 is 1.03 bits per heavy atom. The van der Waals surface area contributed by atoms with Crippen LogP contribution in [0.4, 0.5) is 5.69 Å². The highest BCUT2D eigenvalue weighted by Gasteiger charge is 2.27. The van der Waals surface area contributed by atoms with E-state index in [4.69, 9.17) is 23.2 Å². The molecule has 0 atom stereocenters. The fourth-order valence-corrected chi connectivity index (χ4v) is 4.88. The highest BCUT2D eigenvalue weighted by Crippen LogP contribution is 2.34. The first-order valence-corrected chi connectivity index (χ1v) is 12.0. The maximum Gasteiger partial charge on any atom is 0.354 e. The third-order valence-electron chi connectivity index (χ3n) is 4.30. The van der Waals surface area contributed by atoms with E-state index in [1.165, 1.54) is 16.4 Å². The number of benzene rings is 1. The molecule has 1 aromatic rings. The van der Waals surface area contributed by atoms with Gasteiger partial charge in [0.1, 0.15) is 10.6 Å². The monoisotopic (exact) mass is 494 g/mol. The molecule has 11 heteroatoms. The van der Waals surface area contributed by atoms with E-state index in [2.05, 4.69) is 14.8 Å². The van der Waals surface area contributed by atoms with Crippen molar-refractivity contribution in [2.45, 2.75) is 44.4 Å². The fourth-order valence-electron chi connectivity index (χ4n) is 2.56. The van der Waals surface area contributed by atoms with Gasteiger partial charge in [-0.25, -0.2) is 18.0 Å². The summed E-state index contributed by atoms with van der Waals surface area (Å²) in [7, 11) is -1.59. The number of sulfonamides is 1. The van der Waals surface area contributed by atoms with E-state index in [0.717, 1.165) is 46.0 Å². The summed E-state index contributed by atoms with van der Waals surface area (Å²) in [6.07, 6.45) is 4.01. The Kier molecular flexibility index (Phi) is 11.3. The summed E-state index contributed by atoms with van der Waals surface area (Å²) < 4.78 is 37.0. The van der Waals surface area contributed by atoms with Gasteiger partial charge in [-0.05, 0) is 25.0 Å². The fraction of sp³-hybridized carbons (Fsp3) is 0.500. The van der Waals surface area contributed by atoms with Crippen LogP contribution < -0.4 is 5.32 Å². The molecule has 0 aliphatic rings. The van der Waals surface area contributed by atoms with Crippen molar-refractivity contribution in [3.8, 4) is 0 Å². The number of rotatable bonds is 12. The van der Waals surface area contributed by atoms with Crippen molar-refractivity contribution in [1.82, 2.24) is 4.31 Å². The van der Waals surface area contributed by atoms with Crippen LogP contribution in [0.25, 0.3) is 0 Å². The summed E-state index contributed by atoms with van der Waals surface area (Å²) in [5.74, 6) is -1.64. The van der Waals surface area contributed by atoms with Crippen molar-refractivity contribution < 1.29 is 27.5 Å². The number of ether oxygens (including phenoxy) is 2. The van der Waals surface area contributed by atoms with E-state index in [-0.39, 0.29) is 26.3 Å². The second kappa shape index (κ2) is 12.9. The maximum absolute atomic E-state index is 13.2. The van der Waals surface area contributed by atoms with Gasteiger partial charge in [0.2, 0.25) is 10.0 Å². The van der Waals surface area contributed by atoms with Crippen molar-refractivity contribution >= 4 is 50.9 Å². The number of esters is 2. The summed E-state index contributed by atoms with van der Waals surface area (Å²) >= 11 is 12.6. The minimum absolute atomic E-state index is 0.00595. The zero-order valence-corrected chi connectivity index (χ0v) is 20.4. The molecule has 0 aliphatic carbocycles. The quantitative estimate of drug-likeness (QED) is 0.342. The lowest BCUT2D eigenvalue weighted by Gasteiger charge is -2.23. The standard InChI is InChI=1S/C20H28Cl2N2O6S/c1-5-7-9-24(10-8-6-2)31(27,28)18-12-14(21)16(11-15(18)22)23-17(20(26)30-4)13-19(25)29-3/h11-13,23H,5-10H2,1-4H3/b17-13+. The van der Waals surface area contributed by atoms with Gasteiger partial charge in [0.05, 0.1) is 36.0 Å². The van der Waals surface area contributed by atoms with Crippen LogP contribution in [0, 0.1) is 0 Å². The average molecular weight is 495 g/mol. The van der Waals surface area contributed by atoms with Crippen LogP contribution in [0.15, 0.2) is 28.8 Å². The zero-order valence-electron chi connectivity index (χ0n) is 18.0. The van der Waals surface area contributed by atoms with Gasteiger partial charge in [-0.15, -0.1) is 0 Å². The highest BCUT2D eigenvalue weighted by atomic mass is 35.5. The number of hydrogen-bond acceptors (Lipinski definition) is 7. The molecule has 1 aromatic carbocycles. The smallest absolute Gasteiger partial charge is 0.354 e. The highest BCUT2D eigenvalue weighted by molar-refractivity contribution is 7.89. The Bertz CT molecular complexity index is 910. The Morgan fingerprint density at radius 3 is 2.10 bits per heavy atom. The number of nitrogens with one attached hydrogen (secondary N) is 1. The van der Waals surface area contributed by atoms with Crippen LogP contribution in [0.3, 0.4) is 0 Å². The van der Waals surface area contributed by atoms with Gasteiger partial charge < -0.3 is 14.8 Å². The molecule has 0 spiro atoms. The molecule has 0 fully saturated rings. The third-order valence-corrected chi connectivity index (χ3v) is 6.98. The molecule has 31 heavy (non-hydrogen) atoms. The van der Waals surface area contributed by atoms with Gasteiger partial charge in [0.15, 0.2) is 0 Å². The minimum Gasteiger partial charge on any atom is -0.466 e. The summed E-state index contributed by atoms with van der Waals surface area (Å²) in [5.41, 5.74) is -0.129. The van der Waals surface area contributed by atoms with Gasteiger partial charge in [-0.1, -0.05) is 49.9 Å². The van der Waals surface area contributed by atoms with Crippen molar-refractivity contribution in [2.75, 3.05) is 32.6 Å². The van der Waals surface area contributed by atoms with Gasteiger partial charge in [0.25, 0.3) is 0 Å². The first-order chi connectivity index (χ1) is 14.6. The van der Waals surface area contributed by atoms with Crippen molar-refractivity contribution in [3.63, 3.8) is 0 Å². The number of nitrogens with zero attached hydrogens (tertiary/aromatic N) is 1. The summed E-state index contributed by atoms with van der Waals surface area (Å²) in [6.45, 7) is 4.72. The Hall–Kier alpha value is -1.81. The molecule has 1 rings (SSSR count). The molecule has 0 radical (unpaired) electrons. The molecular formula is C20H28Cl2N2O6S. The van der Waals surface area contributed by atoms with Gasteiger partial charge in [-0.3, -0.25) is 0 Å². The third kappa shape index (κ3) is 7.68. The number of anilines is 1. The number of hydrogen-bond donors (Lipinski definition) is 1. The van der Waals surface area contributed by atoms with Crippen LogP contribution in [-0.2, 0) is 29.1 Å². The molecule has 0 unspecified atom stereocenters. The molecule has 0 aromatic heterocycles. The second-order valence-corrected chi connectivity index (χ2v) is 9.29. The van der Waals surface area contributed by atoms with E-state index in [9.17, 15) is 18.0 Å². The Morgan fingerprint density at radius 2 is 1.61 bits per heavy atom. The molecule has 0 heterocycles. The predicted molar refractivity (Wildman–Crippen MR) is 121 cm³/mol. The lowest BCUT2D eigenvalue weighted by molar-refractivity contribution is -0.138. The Labute approximate surface area is 193 Å². The van der Waals surface area contributed by atoms with E-state index in [1.807, 2.05) is 13.8 Å². The lowest BCUT2D eigenvalue weighted by Crippen LogP contribution is -2.33. The molecular weight excluding hydrogens is 467 g/mol. The minimum atomic E-state index is -3.88. The number of carbonyl (C=O) groups excluding carboxylic acids is 2. The molecule has 0 aliphatic heterocycles. The maximum atomic E-state index is 13.2. The zero-order chi connectivity index (χ0) is 23.6. The topological polar surface area (TPSA) is 102 Å². The number of methoxy groups -OCH3 is 2. The van der Waals surface area contributed by atoms with Crippen LogP contribution in [0.5, 0.6) is 0 Å². The molecule has 0 saturated heterocycles. The number of halogens is 2. The first-order valence-electron chi connectivity index (χ1n) is 9.76. The van der Waals surface area contributed by atoms with Crippen molar-refractivity contribution in [2.24, 2.45) is 0 Å². The van der Waals surface area contributed by atoms with Crippen LogP contribution in [0.1, 0.15) is 39.5 Å². The van der Waals surface area contributed by atoms with Crippen LogP contribution >= 0.6 is 23.2 Å². The second-order valence-electron chi connectivity index (χ2n) is 6.57. The molecule has 0 bridgehead atoms. The normalized spacial score (nSPS) is 12.0. The predicted octanol–water partition coefficient (Wildman–Crippen LogP) is 4.23. The molecule has 1 N–H and O–H groups in total. The van der Waals surface area contributed by atoms with Crippen LogP contribution in [-0.4, -0.2) is 52.0 Å². The lowest BCUT2D eigenvalue weighted by atomic mass is 10.3. The number of unbranched alkanes of at least 4 members (excludes halogenated alkanes) is 2. The van der Waals surface area contributed by atoms with Gasteiger partial charge in [-0.2, -0.15) is 4.31 Å². The van der Waals surface area contributed by atoms with Crippen molar-refractivity contribution in [3.05, 3.63) is 34.0 Å². The first kappa shape index (κ1) is 27.2. The van der Waals surface area contributed by atoms with Crippen molar-refractivity contribution in [1.29, 1.82) is 0 Å². The molecule has 8 nitrogen and oxygen atoms in total. The summed E-state index contributed by atoms with van der Waals surface area (Å²) in [5, 5.41) is 2.56. The summed E-state index contributed by atoms with van der Waals surface area (Å²) in [6, 6.07) is 2.50.